The molecular formula is C104H108N10O11. The highest BCUT2D eigenvalue weighted by atomic mass is 16.5. The summed E-state index contributed by atoms with van der Waals surface area (Å²) in [6, 6.07) is 112. The predicted octanol–water partition coefficient (Wildman–Crippen LogP) is 16.7. The number of carbonyl (C=O) groups excluding carboxylic acids is 5. The first-order valence-corrected chi connectivity index (χ1v) is 42.1. The number of carboxylic acids is 1. The van der Waals surface area contributed by atoms with E-state index < -0.39 is 5.97 Å². The summed E-state index contributed by atoms with van der Waals surface area (Å²) in [7, 11) is 0. The second kappa shape index (κ2) is 53.1. The van der Waals surface area contributed by atoms with Crippen LogP contribution in [0.1, 0.15) is 118 Å². The van der Waals surface area contributed by atoms with Crippen LogP contribution >= 0.6 is 0 Å². The first-order valence-electron chi connectivity index (χ1n) is 42.1. The Kier molecular flexibility index (Phi) is 39.3. The number of aromatic amines is 1. The minimum Gasteiger partial charge on any atom is -0.489 e. The van der Waals surface area contributed by atoms with Gasteiger partial charge in [0.15, 0.2) is 5.82 Å². The van der Waals surface area contributed by atoms with Gasteiger partial charge in [-0.2, -0.15) is 10.5 Å². The van der Waals surface area contributed by atoms with Gasteiger partial charge in [-0.05, 0) is 167 Å². The number of primary amides is 1. The van der Waals surface area contributed by atoms with Crippen molar-refractivity contribution in [3.05, 3.63) is 412 Å². The highest BCUT2D eigenvalue weighted by Gasteiger charge is 2.21. The summed E-state index contributed by atoms with van der Waals surface area (Å²) < 4.78 is 23.4. The molecule has 1 heterocycles. The van der Waals surface area contributed by atoms with Crippen LogP contribution in [-0.2, 0) is 113 Å². The summed E-state index contributed by atoms with van der Waals surface area (Å²) in [6.07, 6.45) is 7.35. The van der Waals surface area contributed by atoms with Crippen molar-refractivity contribution < 1.29 is 52.8 Å². The van der Waals surface area contributed by atoms with E-state index in [1.807, 2.05) is 340 Å². The SMILES string of the molecule is N#CCC[C@H](Cc1ccc(OCc2ccccc2)cc1)NC(=O)Cc1ccccc1.NC(=O)CC[C@H](Cc1ccc(OCc2ccccc2)cc1)NC(=O)Cc1ccccc1.O=C(Cc1ccccc1)N[C@@H](CCc1nn[nH]n1)Cc1ccc(OCc2ccccc2)cc1.O=C(O)CC[C@H](Cc1ccc(OCc2ccccc2)cc1)NC(=O)Cc1ccccc1. The molecule has 0 saturated carbocycles. The summed E-state index contributed by atoms with van der Waals surface area (Å²) >= 11 is 0. The number of amides is 5. The lowest BCUT2D eigenvalue weighted by molar-refractivity contribution is -0.137. The Morgan fingerprint density at radius 3 is 0.816 bits per heavy atom. The van der Waals surface area contributed by atoms with Gasteiger partial charge >= 0.3 is 5.97 Å². The standard InChI is InChI=1S/C26H27N5O2.C26H28N2O3.C26H26N2O2.C26H27NO4/c32-26(18-20-7-3-1-4-8-20)27-23(13-16-25-28-30-31-29-25)17-21-11-14-24(15-12-21)33-19-22-9-5-2-6-10-22;27-25(29)16-13-23(28-26(30)18-20-7-3-1-4-8-20)17-21-11-14-24(15-12-21)31-19-22-9-5-2-6-10-22;27-17-7-12-24(28-26(29)19-21-8-3-1-4-9-21)18-22-13-15-25(16-14-22)30-20-23-10-5-2-6-11-23;28-25(18-20-7-3-1-4-8-20)27-23(13-16-26(29)30)17-21-11-14-24(15-12-21)31-19-22-9-5-2-6-10-22/h1-12,14-15,23H,13,16-19H2,(H,27,32)(H,28,29,30,31);1-12,14-15,23H,13,16-19H2,(H2,27,29)(H,28,30);1-6,8-11,13-16,24H,7,12,18-20H2,(H,28,29);1-12,14-15,23H,13,16-19H2,(H,27,28)(H,29,30)/t2*23-;24-;23-/m0111/s1. The van der Waals surface area contributed by atoms with E-state index in [4.69, 9.17) is 35.0 Å². The van der Waals surface area contributed by atoms with Gasteiger partial charge in [-0.3, -0.25) is 28.8 Å². The Hall–Kier alpha value is -14.8. The molecule has 0 bridgehead atoms. The lowest BCUT2D eigenvalue weighted by Crippen LogP contribution is -2.38. The van der Waals surface area contributed by atoms with Gasteiger partial charge in [-0.1, -0.05) is 296 Å². The number of H-pyrrole nitrogens is 1. The number of nitrogens with one attached hydrogen (secondary N) is 5. The molecule has 12 aromatic carbocycles. The molecule has 13 aromatic rings. The third kappa shape index (κ3) is 37.4. The fourth-order valence-corrected chi connectivity index (χ4v) is 13.6. The number of aromatic nitrogens is 4. The molecule has 0 saturated heterocycles. The molecule has 0 radical (unpaired) electrons. The quantitative estimate of drug-likeness (QED) is 0.0187. The van der Waals surface area contributed by atoms with E-state index in [1.165, 1.54) is 0 Å². The van der Waals surface area contributed by atoms with E-state index in [0.717, 1.165) is 89.8 Å². The molecular weight excluding hydrogens is 1570 g/mol. The molecule has 5 amide bonds. The zero-order valence-corrected chi connectivity index (χ0v) is 70.2. The lowest BCUT2D eigenvalue weighted by Gasteiger charge is -2.19. The van der Waals surface area contributed by atoms with E-state index in [0.29, 0.717) is 116 Å². The van der Waals surface area contributed by atoms with Crippen LogP contribution in [0, 0.1) is 11.3 Å². The maximum absolute atomic E-state index is 12.7. The Morgan fingerprint density at radius 1 is 0.328 bits per heavy atom. The number of tetrazole rings is 1. The number of nitrogens with two attached hydrogens (primary N) is 1. The van der Waals surface area contributed by atoms with Crippen molar-refractivity contribution in [1.82, 2.24) is 41.9 Å². The van der Waals surface area contributed by atoms with Crippen molar-refractivity contribution in [2.24, 2.45) is 5.73 Å². The molecule has 0 aliphatic carbocycles. The third-order valence-corrected chi connectivity index (χ3v) is 20.1. The highest BCUT2D eigenvalue weighted by Crippen LogP contribution is 2.23. The molecule has 0 aliphatic heterocycles. The van der Waals surface area contributed by atoms with E-state index in [2.05, 4.69) is 48.0 Å². The molecule has 21 heteroatoms. The maximum Gasteiger partial charge on any atom is 0.303 e. The molecule has 0 aliphatic rings. The number of hydrogen-bond donors (Lipinski definition) is 7. The molecule has 0 spiro atoms. The van der Waals surface area contributed by atoms with E-state index in [-0.39, 0.29) is 73.0 Å². The maximum atomic E-state index is 12.7. The number of carbonyl (C=O) groups is 6. The van der Waals surface area contributed by atoms with Crippen molar-refractivity contribution in [3.8, 4) is 29.1 Å². The van der Waals surface area contributed by atoms with Gasteiger partial charge in [0.2, 0.25) is 29.5 Å². The third-order valence-electron chi connectivity index (χ3n) is 20.1. The molecule has 4 atom stereocenters. The smallest absolute Gasteiger partial charge is 0.303 e. The second-order valence-corrected chi connectivity index (χ2v) is 30.2. The number of carboxylic acid groups (broad SMARTS) is 1. The van der Waals surface area contributed by atoms with Gasteiger partial charge < -0.3 is 51.1 Å². The van der Waals surface area contributed by atoms with Gasteiger partial charge in [-0.15, -0.1) is 10.2 Å². The van der Waals surface area contributed by atoms with Crippen LogP contribution in [-0.4, -0.2) is 85.4 Å². The fourth-order valence-electron chi connectivity index (χ4n) is 13.6. The van der Waals surface area contributed by atoms with Crippen LogP contribution in [0.2, 0.25) is 0 Å². The molecule has 640 valence electrons. The second-order valence-electron chi connectivity index (χ2n) is 30.2. The van der Waals surface area contributed by atoms with Crippen molar-refractivity contribution in [2.45, 2.75) is 153 Å². The fraction of sp³-hybridized carbons (Fsp3) is 0.231. The normalized spacial score (nSPS) is 11.5. The summed E-state index contributed by atoms with van der Waals surface area (Å²) in [4.78, 5) is 72.3. The minimum atomic E-state index is -0.869. The van der Waals surface area contributed by atoms with Crippen LogP contribution < -0.4 is 45.9 Å². The molecule has 1 aromatic heterocycles. The largest absolute Gasteiger partial charge is 0.489 e. The minimum absolute atomic E-state index is 0.00197. The number of aliphatic carboxylic acids is 1. The summed E-state index contributed by atoms with van der Waals surface area (Å²) in [5.74, 6) is 2.39. The number of ether oxygens (including phenoxy) is 4. The zero-order valence-electron chi connectivity index (χ0n) is 70.2. The number of benzene rings is 12. The predicted molar refractivity (Wildman–Crippen MR) is 485 cm³/mol. The van der Waals surface area contributed by atoms with Crippen LogP contribution in [0.3, 0.4) is 0 Å². The van der Waals surface area contributed by atoms with Gasteiger partial charge in [0.25, 0.3) is 0 Å². The molecule has 8 N–H and O–H groups in total. The van der Waals surface area contributed by atoms with Crippen molar-refractivity contribution in [1.29, 1.82) is 5.26 Å². The van der Waals surface area contributed by atoms with E-state index >= 15 is 0 Å². The van der Waals surface area contributed by atoms with Crippen molar-refractivity contribution >= 4 is 35.5 Å². The van der Waals surface area contributed by atoms with Crippen LogP contribution in [0.15, 0.2) is 340 Å². The van der Waals surface area contributed by atoms with Gasteiger partial charge in [0.05, 0.1) is 31.8 Å². The molecule has 125 heavy (non-hydrogen) atoms. The van der Waals surface area contributed by atoms with Gasteiger partial charge in [-0.25, -0.2) is 0 Å². The highest BCUT2D eigenvalue weighted by molar-refractivity contribution is 5.81. The number of nitrogens with zero attached hydrogens (tertiary/aromatic N) is 4. The number of nitriles is 1. The van der Waals surface area contributed by atoms with E-state index in [1.54, 1.807) is 0 Å². The molecule has 21 nitrogen and oxygen atoms in total. The monoisotopic (exact) mass is 1670 g/mol. The number of rotatable bonds is 43. The molecule has 0 fully saturated rings. The Balaban J connectivity index is 0.000000174. The van der Waals surface area contributed by atoms with Crippen LogP contribution in [0.25, 0.3) is 0 Å². The first kappa shape index (κ1) is 92.5. The van der Waals surface area contributed by atoms with Crippen LogP contribution in [0.5, 0.6) is 23.0 Å². The zero-order chi connectivity index (χ0) is 87.5. The number of hydrogen-bond acceptors (Lipinski definition) is 14. The summed E-state index contributed by atoms with van der Waals surface area (Å²) in [5, 5.41) is 44.5. The Bertz CT molecular complexity index is 5140. The molecule has 0 unspecified atom stereocenters. The average Bonchev–Trinajstić information content (AvgIpc) is 1.76. The molecule has 13 rings (SSSR count). The van der Waals surface area contributed by atoms with Crippen LogP contribution in [0.4, 0.5) is 0 Å². The van der Waals surface area contributed by atoms with Gasteiger partial charge in [0, 0.05) is 49.9 Å². The summed E-state index contributed by atoms with van der Waals surface area (Å²) in [5.41, 5.74) is 17.9. The first-order chi connectivity index (χ1) is 61.1. The van der Waals surface area contributed by atoms with E-state index in [9.17, 15) is 28.8 Å². The summed E-state index contributed by atoms with van der Waals surface area (Å²) in [6.45, 7) is 2.07. The Labute approximate surface area is 731 Å². The average molecular weight is 1670 g/mol. The van der Waals surface area contributed by atoms with Crippen molar-refractivity contribution in [3.63, 3.8) is 0 Å². The topological polar surface area (TPSA) is 312 Å². The van der Waals surface area contributed by atoms with Gasteiger partial charge in [0.1, 0.15) is 49.4 Å². The van der Waals surface area contributed by atoms with Crippen molar-refractivity contribution in [2.75, 3.05) is 0 Å². The lowest BCUT2D eigenvalue weighted by atomic mass is 10.0. The number of aryl methyl sites for hydroxylation is 1. The Morgan fingerprint density at radius 2 is 0.576 bits per heavy atom.